The maximum Gasteiger partial charge on any atom is 0.416 e. The van der Waals surface area contributed by atoms with Gasteiger partial charge >= 0.3 is 6.18 Å². The van der Waals surface area contributed by atoms with Gasteiger partial charge < -0.3 is 4.90 Å². The number of fused-ring (bicyclic) bond motifs is 1. The first-order valence-electron chi connectivity index (χ1n) is 10.1. The van der Waals surface area contributed by atoms with Crippen LogP contribution < -0.4 is 4.90 Å². The molecule has 0 saturated heterocycles. The number of alkyl halides is 3. The molecule has 2 nitrogen and oxygen atoms in total. The van der Waals surface area contributed by atoms with Crippen LogP contribution in [0.1, 0.15) is 63.3 Å². The fourth-order valence-corrected chi connectivity index (χ4v) is 4.00. The van der Waals surface area contributed by atoms with Gasteiger partial charge in [-0.2, -0.15) is 13.2 Å². The molecule has 1 heterocycles. The molecule has 3 rings (SSSR count). The lowest BCUT2D eigenvalue weighted by Gasteiger charge is -2.38. The number of rotatable bonds is 5. The summed E-state index contributed by atoms with van der Waals surface area (Å²) in [6.45, 7) is 8.10. The lowest BCUT2D eigenvalue weighted by Crippen LogP contribution is -2.36. The molecule has 0 fully saturated rings. The number of anilines is 1. The summed E-state index contributed by atoms with van der Waals surface area (Å²) in [7, 11) is 0. The topological polar surface area (TPSA) is 15.6 Å². The van der Waals surface area contributed by atoms with E-state index in [9.17, 15) is 13.2 Å². The minimum atomic E-state index is -4.38. The molecular weight excluding hydrogens is 373 g/mol. The van der Waals surface area contributed by atoms with Gasteiger partial charge in [0, 0.05) is 11.3 Å². The SMILES string of the molecule is C/C=C(\CC)CC1c2cccc(CC)c2N=C(C)N1c1cccc(C(F)(F)F)c1. The molecule has 0 aromatic heterocycles. The van der Waals surface area contributed by atoms with Gasteiger partial charge in [0.2, 0.25) is 0 Å². The van der Waals surface area contributed by atoms with Gasteiger partial charge in [0.15, 0.2) is 0 Å². The summed E-state index contributed by atoms with van der Waals surface area (Å²) in [4.78, 5) is 6.77. The van der Waals surface area contributed by atoms with Crippen molar-refractivity contribution in [3.05, 3.63) is 70.8 Å². The maximum atomic E-state index is 13.3. The number of benzene rings is 2. The monoisotopic (exact) mass is 400 g/mol. The Morgan fingerprint density at radius 1 is 1.14 bits per heavy atom. The Kier molecular flexibility index (Phi) is 6.15. The molecule has 1 aliphatic heterocycles. The average Bonchev–Trinajstić information content (AvgIpc) is 2.70. The van der Waals surface area contributed by atoms with Crippen molar-refractivity contribution in [2.45, 2.75) is 59.2 Å². The van der Waals surface area contributed by atoms with Gasteiger partial charge in [0.1, 0.15) is 5.84 Å². The lowest BCUT2D eigenvalue weighted by molar-refractivity contribution is -0.137. The van der Waals surface area contributed by atoms with Crippen LogP contribution in [0.2, 0.25) is 0 Å². The van der Waals surface area contributed by atoms with Gasteiger partial charge in [-0.15, -0.1) is 0 Å². The fraction of sp³-hybridized carbons (Fsp3) is 0.375. The first-order chi connectivity index (χ1) is 13.8. The molecule has 1 aliphatic rings. The highest BCUT2D eigenvalue weighted by Crippen LogP contribution is 2.44. The normalized spacial score (nSPS) is 17.2. The molecule has 0 amide bonds. The molecule has 1 atom stereocenters. The highest BCUT2D eigenvalue weighted by Gasteiger charge is 2.34. The minimum absolute atomic E-state index is 0.0939. The van der Waals surface area contributed by atoms with Crippen LogP contribution in [0.25, 0.3) is 0 Å². The zero-order chi connectivity index (χ0) is 21.2. The highest BCUT2D eigenvalue weighted by molar-refractivity contribution is 6.00. The number of aryl methyl sites for hydroxylation is 1. The van der Waals surface area contributed by atoms with Crippen LogP contribution in [-0.4, -0.2) is 5.84 Å². The maximum absolute atomic E-state index is 13.3. The largest absolute Gasteiger partial charge is 0.416 e. The summed E-state index contributed by atoms with van der Waals surface area (Å²) in [5, 5.41) is 0. The van der Waals surface area contributed by atoms with E-state index in [1.54, 1.807) is 6.07 Å². The van der Waals surface area contributed by atoms with E-state index in [1.165, 1.54) is 17.7 Å². The molecule has 2 aromatic carbocycles. The van der Waals surface area contributed by atoms with Crippen molar-refractivity contribution in [1.82, 2.24) is 0 Å². The zero-order valence-electron chi connectivity index (χ0n) is 17.3. The molecule has 0 aliphatic carbocycles. The molecule has 0 N–H and O–H groups in total. The standard InChI is InChI=1S/C24H27F3N2/c1-5-17(6-2)14-22-21-13-8-10-18(7-3)23(21)28-16(4)29(22)20-12-9-11-19(15-20)24(25,26)27/h5,8-13,15,22H,6-7,14H2,1-4H3/b17-5+. The molecule has 0 bridgehead atoms. The van der Waals surface area contributed by atoms with E-state index in [2.05, 4.69) is 32.1 Å². The minimum Gasteiger partial charge on any atom is -0.322 e. The number of amidine groups is 1. The van der Waals surface area contributed by atoms with Gasteiger partial charge in [0.25, 0.3) is 0 Å². The summed E-state index contributed by atoms with van der Waals surface area (Å²) in [6, 6.07) is 11.6. The van der Waals surface area contributed by atoms with Crippen LogP contribution in [0.15, 0.2) is 59.1 Å². The van der Waals surface area contributed by atoms with E-state index in [0.717, 1.165) is 42.1 Å². The van der Waals surface area contributed by atoms with Crippen molar-refractivity contribution >= 4 is 17.2 Å². The van der Waals surface area contributed by atoms with Crippen molar-refractivity contribution in [3.63, 3.8) is 0 Å². The smallest absolute Gasteiger partial charge is 0.322 e. The predicted molar refractivity (Wildman–Crippen MR) is 114 cm³/mol. The number of allylic oxidation sites excluding steroid dienone is 1. The summed E-state index contributed by atoms with van der Waals surface area (Å²) in [5.41, 5.74) is 4.35. The summed E-state index contributed by atoms with van der Waals surface area (Å²) >= 11 is 0. The molecular formula is C24H27F3N2. The molecule has 0 radical (unpaired) electrons. The van der Waals surface area contributed by atoms with Crippen LogP contribution in [0.5, 0.6) is 0 Å². The summed E-state index contributed by atoms with van der Waals surface area (Å²) in [6.07, 6.45) is 0.242. The van der Waals surface area contributed by atoms with Crippen LogP contribution in [0, 0.1) is 0 Å². The Morgan fingerprint density at radius 2 is 1.86 bits per heavy atom. The molecule has 5 heteroatoms. The molecule has 154 valence electrons. The van der Waals surface area contributed by atoms with Gasteiger partial charge in [-0.05, 0) is 56.9 Å². The van der Waals surface area contributed by atoms with Gasteiger partial charge in [-0.3, -0.25) is 0 Å². The van der Waals surface area contributed by atoms with Gasteiger partial charge in [0.05, 0.1) is 17.3 Å². The van der Waals surface area contributed by atoms with Crippen LogP contribution in [0.4, 0.5) is 24.5 Å². The van der Waals surface area contributed by atoms with Crippen molar-refractivity contribution in [3.8, 4) is 0 Å². The second-order valence-electron chi connectivity index (χ2n) is 7.31. The second kappa shape index (κ2) is 8.44. The Labute approximate surface area is 170 Å². The number of hydrogen-bond donors (Lipinski definition) is 0. The third kappa shape index (κ3) is 4.24. The first kappa shape index (κ1) is 21.2. The van der Waals surface area contributed by atoms with E-state index in [4.69, 9.17) is 4.99 Å². The van der Waals surface area contributed by atoms with Crippen LogP contribution in [-0.2, 0) is 12.6 Å². The van der Waals surface area contributed by atoms with E-state index >= 15 is 0 Å². The lowest BCUT2D eigenvalue weighted by atomic mass is 9.90. The Hall–Kier alpha value is -2.56. The summed E-state index contributed by atoms with van der Waals surface area (Å²) < 4.78 is 40.0. The van der Waals surface area contributed by atoms with Gasteiger partial charge in [-0.1, -0.05) is 49.8 Å². The number of hydrogen-bond acceptors (Lipinski definition) is 2. The number of aliphatic imine (C=N–C) groups is 1. The molecule has 29 heavy (non-hydrogen) atoms. The van der Waals surface area contributed by atoms with Gasteiger partial charge in [-0.25, -0.2) is 4.99 Å². The summed E-state index contributed by atoms with van der Waals surface area (Å²) in [5.74, 6) is 0.717. The molecule has 0 spiro atoms. The Bertz CT molecular complexity index is 941. The second-order valence-corrected chi connectivity index (χ2v) is 7.31. The van der Waals surface area contributed by atoms with E-state index in [-0.39, 0.29) is 6.04 Å². The Morgan fingerprint density at radius 3 is 2.48 bits per heavy atom. The molecule has 1 unspecified atom stereocenters. The Balaban J connectivity index is 2.17. The number of para-hydroxylation sites is 1. The van der Waals surface area contributed by atoms with Crippen molar-refractivity contribution < 1.29 is 13.2 Å². The van der Waals surface area contributed by atoms with E-state index in [0.29, 0.717) is 11.5 Å². The molecule has 2 aromatic rings. The quantitative estimate of drug-likeness (QED) is 0.471. The third-order valence-electron chi connectivity index (χ3n) is 5.59. The first-order valence-corrected chi connectivity index (χ1v) is 10.1. The fourth-order valence-electron chi connectivity index (χ4n) is 4.00. The average molecular weight is 400 g/mol. The zero-order valence-corrected chi connectivity index (χ0v) is 17.3. The third-order valence-corrected chi connectivity index (χ3v) is 5.59. The molecule has 0 saturated carbocycles. The van der Waals surface area contributed by atoms with Crippen molar-refractivity contribution in [2.75, 3.05) is 4.90 Å². The van der Waals surface area contributed by atoms with Crippen LogP contribution >= 0.6 is 0 Å². The number of halogens is 3. The van der Waals surface area contributed by atoms with E-state index in [1.807, 2.05) is 24.8 Å². The van der Waals surface area contributed by atoms with Crippen molar-refractivity contribution in [1.29, 1.82) is 0 Å². The highest BCUT2D eigenvalue weighted by atomic mass is 19.4. The number of nitrogens with zero attached hydrogens (tertiary/aromatic N) is 2. The van der Waals surface area contributed by atoms with Crippen molar-refractivity contribution in [2.24, 2.45) is 4.99 Å². The van der Waals surface area contributed by atoms with Crippen LogP contribution in [0.3, 0.4) is 0 Å². The predicted octanol–water partition coefficient (Wildman–Crippen LogP) is 7.63. The van der Waals surface area contributed by atoms with E-state index < -0.39 is 11.7 Å².